The molecular formula is C14H14OSi. The van der Waals surface area contributed by atoms with Gasteiger partial charge >= 0.3 is 9.76 Å². The summed E-state index contributed by atoms with van der Waals surface area (Å²) in [6.45, 7) is 4.28. The molecule has 0 heterocycles. The van der Waals surface area contributed by atoms with E-state index in [0.29, 0.717) is 9.76 Å². The Bertz CT molecular complexity index is 465. The van der Waals surface area contributed by atoms with Crippen LogP contribution in [-0.2, 0) is 0 Å². The zero-order valence-corrected chi connectivity index (χ0v) is 10.5. The summed E-state index contributed by atoms with van der Waals surface area (Å²) in [6.07, 6.45) is 0. The molecule has 0 unspecified atom stereocenters. The van der Waals surface area contributed by atoms with Crippen LogP contribution in [0.3, 0.4) is 0 Å². The van der Waals surface area contributed by atoms with Crippen LogP contribution in [0.25, 0.3) is 0 Å². The fourth-order valence-electron chi connectivity index (χ4n) is 1.46. The molecule has 0 fully saturated rings. The van der Waals surface area contributed by atoms with Crippen molar-refractivity contribution in [3.63, 3.8) is 0 Å². The number of benzene rings is 2. The fraction of sp³-hybridized carbons (Fsp3) is 0.143. The van der Waals surface area contributed by atoms with Crippen LogP contribution < -0.4 is 9.61 Å². The summed E-state index contributed by atoms with van der Waals surface area (Å²) in [5, 5.41) is 1.28. The summed E-state index contributed by atoms with van der Waals surface area (Å²) in [5.41, 5.74) is 2.65. The third kappa shape index (κ3) is 2.52. The van der Waals surface area contributed by atoms with Gasteiger partial charge in [-0.3, -0.25) is 0 Å². The normalized spacial score (nSPS) is 10.1. The summed E-state index contributed by atoms with van der Waals surface area (Å²) in [7, 11) is 0.377. The standard InChI is InChI=1S/C14H14OSi/c1-11-7-6-10-14(12(11)2)16-15-13-8-4-3-5-9-13/h3-10H,1-2H3. The maximum absolute atomic E-state index is 5.76. The van der Waals surface area contributed by atoms with Crippen molar-refractivity contribution >= 4 is 14.9 Å². The Labute approximate surface area is 99.0 Å². The molecule has 0 saturated carbocycles. The molecule has 2 radical (unpaired) electrons. The lowest BCUT2D eigenvalue weighted by molar-refractivity contribution is 0.604. The SMILES string of the molecule is Cc1cccc([Si]Oc2ccccc2)c1C. The molecule has 0 aliphatic heterocycles. The summed E-state index contributed by atoms with van der Waals surface area (Å²) in [4.78, 5) is 0. The van der Waals surface area contributed by atoms with Gasteiger partial charge in [-0.1, -0.05) is 36.4 Å². The van der Waals surface area contributed by atoms with Crippen molar-refractivity contribution in [1.29, 1.82) is 0 Å². The number of aryl methyl sites for hydroxylation is 1. The average Bonchev–Trinajstić information content (AvgIpc) is 2.32. The minimum absolute atomic E-state index is 0.377. The van der Waals surface area contributed by atoms with Gasteiger partial charge in [-0.05, 0) is 42.3 Å². The van der Waals surface area contributed by atoms with Crippen LogP contribution in [0.15, 0.2) is 48.5 Å². The minimum Gasteiger partial charge on any atom is -0.536 e. The molecule has 0 bridgehead atoms. The highest BCUT2D eigenvalue weighted by Crippen LogP contribution is 2.08. The van der Waals surface area contributed by atoms with Crippen LogP contribution in [0.2, 0.25) is 0 Å². The zero-order valence-electron chi connectivity index (χ0n) is 9.53. The first-order valence-corrected chi connectivity index (χ1v) is 6.22. The molecule has 2 rings (SSSR count). The Morgan fingerprint density at radius 3 is 2.38 bits per heavy atom. The van der Waals surface area contributed by atoms with Crippen molar-refractivity contribution in [2.24, 2.45) is 0 Å². The van der Waals surface area contributed by atoms with Gasteiger partial charge in [-0.25, -0.2) is 0 Å². The summed E-state index contributed by atoms with van der Waals surface area (Å²) in [5.74, 6) is 0.932. The molecule has 1 nitrogen and oxygen atoms in total. The summed E-state index contributed by atoms with van der Waals surface area (Å²) >= 11 is 0. The van der Waals surface area contributed by atoms with Crippen LogP contribution >= 0.6 is 0 Å². The van der Waals surface area contributed by atoms with Crippen LogP contribution in [0.4, 0.5) is 0 Å². The van der Waals surface area contributed by atoms with Crippen molar-refractivity contribution < 1.29 is 4.43 Å². The van der Waals surface area contributed by atoms with E-state index in [-0.39, 0.29) is 0 Å². The fourth-order valence-corrected chi connectivity index (χ4v) is 2.34. The van der Waals surface area contributed by atoms with Gasteiger partial charge in [0.15, 0.2) is 0 Å². The third-order valence-corrected chi connectivity index (χ3v) is 3.73. The summed E-state index contributed by atoms with van der Waals surface area (Å²) in [6, 6.07) is 16.3. The largest absolute Gasteiger partial charge is 0.536 e. The van der Waals surface area contributed by atoms with Gasteiger partial charge in [0, 0.05) is 0 Å². The Balaban J connectivity index is 2.08. The molecule has 0 spiro atoms. The molecule has 2 aromatic carbocycles. The number of rotatable bonds is 3. The lowest BCUT2D eigenvalue weighted by Gasteiger charge is -2.08. The highest BCUT2D eigenvalue weighted by Gasteiger charge is 2.04. The summed E-state index contributed by atoms with van der Waals surface area (Å²) < 4.78 is 5.76. The lowest BCUT2D eigenvalue weighted by Crippen LogP contribution is -2.23. The zero-order chi connectivity index (χ0) is 11.4. The smallest absolute Gasteiger partial charge is 0.351 e. The predicted octanol–water partition coefficient (Wildman–Crippen LogP) is 2.63. The van der Waals surface area contributed by atoms with Crippen molar-refractivity contribution in [1.82, 2.24) is 0 Å². The molecule has 0 N–H and O–H groups in total. The van der Waals surface area contributed by atoms with Crippen molar-refractivity contribution in [3.8, 4) is 5.75 Å². The van der Waals surface area contributed by atoms with E-state index in [2.05, 4.69) is 32.0 Å². The number of hydrogen-bond acceptors (Lipinski definition) is 1. The van der Waals surface area contributed by atoms with Crippen molar-refractivity contribution in [2.75, 3.05) is 0 Å². The molecule has 0 aliphatic rings. The minimum atomic E-state index is 0.377. The Morgan fingerprint density at radius 1 is 0.875 bits per heavy atom. The maximum atomic E-state index is 5.76. The van der Waals surface area contributed by atoms with Crippen LogP contribution in [0.1, 0.15) is 11.1 Å². The molecule has 0 atom stereocenters. The van der Waals surface area contributed by atoms with Gasteiger partial charge in [-0.15, -0.1) is 0 Å². The second-order valence-electron chi connectivity index (χ2n) is 3.76. The molecule has 16 heavy (non-hydrogen) atoms. The van der Waals surface area contributed by atoms with Crippen LogP contribution in [0.5, 0.6) is 5.75 Å². The van der Waals surface area contributed by atoms with Crippen molar-refractivity contribution in [3.05, 3.63) is 59.7 Å². The van der Waals surface area contributed by atoms with Gasteiger partial charge in [0.1, 0.15) is 5.75 Å². The number of para-hydroxylation sites is 1. The number of hydrogen-bond donors (Lipinski definition) is 0. The highest BCUT2D eigenvalue weighted by atomic mass is 28.2. The second kappa shape index (κ2) is 4.99. The van der Waals surface area contributed by atoms with Gasteiger partial charge in [-0.2, -0.15) is 0 Å². The topological polar surface area (TPSA) is 9.23 Å². The molecule has 2 aromatic rings. The second-order valence-corrected chi connectivity index (χ2v) is 4.71. The van der Waals surface area contributed by atoms with Gasteiger partial charge < -0.3 is 4.43 Å². The Hall–Kier alpha value is -1.54. The molecule has 0 aliphatic carbocycles. The first-order chi connectivity index (χ1) is 7.77. The first-order valence-electron chi connectivity index (χ1n) is 5.31. The van der Waals surface area contributed by atoms with Gasteiger partial charge in [0.05, 0.1) is 0 Å². The van der Waals surface area contributed by atoms with E-state index in [4.69, 9.17) is 4.43 Å². The molecule has 2 heteroatoms. The molecule has 0 saturated heterocycles. The molecule has 80 valence electrons. The highest BCUT2D eigenvalue weighted by molar-refractivity contribution is 6.48. The van der Waals surface area contributed by atoms with E-state index in [0.717, 1.165) is 5.75 Å². The quantitative estimate of drug-likeness (QED) is 0.731. The predicted molar refractivity (Wildman–Crippen MR) is 68.4 cm³/mol. The van der Waals surface area contributed by atoms with E-state index >= 15 is 0 Å². The average molecular weight is 226 g/mol. The Morgan fingerprint density at radius 2 is 1.62 bits per heavy atom. The molecule has 0 amide bonds. The van der Waals surface area contributed by atoms with E-state index in [1.807, 2.05) is 30.3 Å². The van der Waals surface area contributed by atoms with Gasteiger partial charge in [0.25, 0.3) is 0 Å². The third-order valence-electron chi connectivity index (χ3n) is 2.63. The molecule has 0 aromatic heterocycles. The van der Waals surface area contributed by atoms with Gasteiger partial charge in [0.2, 0.25) is 0 Å². The lowest BCUT2D eigenvalue weighted by atomic mass is 10.1. The monoisotopic (exact) mass is 226 g/mol. The molecular weight excluding hydrogens is 212 g/mol. The van der Waals surface area contributed by atoms with Crippen molar-refractivity contribution in [2.45, 2.75) is 13.8 Å². The van der Waals surface area contributed by atoms with E-state index in [9.17, 15) is 0 Å². The maximum Gasteiger partial charge on any atom is 0.351 e. The van der Waals surface area contributed by atoms with E-state index in [1.165, 1.54) is 16.3 Å². The first kappa shape index (κ1) is 11.0. The van der Waals surface area contributed by atoms with Crippen LogP contribution in [-0.4, -0.2) is 9.76 Å². The van der Waals surface area contributed by atoms with E-state index < -0.39 is 0 Å². The van der Waals surface area contributed by atoms with Crippen LogP contribution in [0, 0.1) is 13.8 Å². The van der Waals surface area contributed by atoms with E-state index in [1.54, 1.807) is 0 Å². The Kier molecular flexibility index (Phi) is 3.42.